The molecule has 0 radical (unpaired) electrons. The zero-order chi connectivity index (χ0) is 13.9. The molecular weight excluding hydrogens is 249 g/mol. The fourth-order valence-electron chi connectivity index (χ4n) is 2.16. The number of amides is 1. The van der Waals surface area contributed by atoms with Crippen LogP contribution in [0.5, 0.6) is 11.5 Å². The third-order valence-corrected chi connectivity index (χ3v) is 2.88. The van der Waals surface area contributed by atoms with E-state index >= 15 is 0 Å². The Bertz CT molecular complexity index is 458. The number of hydrogen-bond donors (Lipinski definition) is 1. The van der Waals surface area contributed by atoms with Gasteiger partial charge in [0.05, 0.1) is 7.11 Å². The number of aryl methyl sites for hydroxylation is 1. The average molecular weight is 269 g/mol. The van der Waals surface area contributed by atoms with Gasteiger partial charge in [-0.25, -0.2) is 0 Å². The van der Waals surface area contributed by atoms with Gasteiger partial charge in [-0.3, -0.25) is 4.79 Å². The molecule has 0 saturated carbocycles. The Labute approximate surface area is 110 Å². The standard InChI is InChI=1S/C13H20NO3P/c1-7(2)11-9(4)12(16-5)8(3)6-10(11)17-14-13(15)18/h6-7H,18H2,1-5H3,(H,14,15). The predicted molar refractivity (Wildman–Crippen MR) is 75.4 cm³/mol. The van der Waals surface area contributed by atoms with Crippen LogP contribution in [0.15, 0.2) is 6.07 Å². The number of rotatable bonds is 4. The van der Waals surface area contributed by atoms with Crippen LogP contribution in [0.3, 0.4) is 0 Å². The van der Waals surface area contributed by atoms with E-state index in [2.05, 4.69) is 19.3 Å². The number of carbonyl (C=O) groups excluding carboxylic acids is 1. The Morgan fingerprint density at radius 3 is 2.44 bits per heavy atom. The molecule has 1 amide bonds. The van der Waals surface area contributed by atoms with Crippen LogP contribution in [-0.2, 0) is 0 Å². The van der Waals surface area contributed by atoms with Gasteiger partial charge in [0.15, 0.2) is 5.75 Å². The van der Waals surface area contributed by atoms with Crippen molar-refractivity contribution in [1.29, 1.82) is 0 Å². The minimum Gasteiger partial charge on any atom is -0.496 e. The van der Waals surface area contributed by atoms with Crippen LogP contribution in [0.25, 0.3) is 0 Å². The number of methoxy groups -OCH3 is 1. The second kappa shape index (κ2) is 6.05. The van der Waals surface area contributed by atoms with Crippen molar-refractivity contribution in [2.24, 2.45) is 0 Å². The van der Waals surface area contributed by atoms with E-state index in [-0.39, 0.29) is 11.6 Å². The maximum Gasteiger partial charge on any atom is 0.267 e. The van der Waals surface area contributed by atoms with Gasteiger partial charge in [0.2, 0.25) is 0 Å². The molecule has 5 heteroatoms. The first-order valence-electron chi connectivity index (χ1n) is 5.78. The van der Waals surface area contributed by atoms with Gasteiger partial charge in [-0.05, 0) is 46.2 Å². The average Bonchev–Trinajstić information content (AvgIpc) is 2.25. The normalized spacial score (nSPS) is 10.4. The summed E-state index contributed by atoms with van der Waals surface area (Å²) in [6.07, 6.45) is 0. The van der Waals surface area contributed by atoms with Gasteiger partial charge < -0.3 is 9.57 Å². The molecule has 100 valence electrons. The van der Waals surface area contributed by atoms with E-state index in [9.17, 15) is 4.79 Å². The van der Waals surface area contributed by atoms with E-state index in [0.29, 0.717) is 5.75 Å². The molecule has 0 aliphatic heterocycles. The first kappa shape index (κ1) is 14.8. The summed E-state index contributed by atoms with van der Waals surface area (Å²) in [7, 11) is 3.67. The van der Waals surface area contributed by atoms with Crippen molar-refractivity contribution < 1.29 is 14.4 Å². The molecule has 1 aromatic carbocycles. The van der Waals surface area contributed by atoms with Crippen LogP contribution < -0.4 is 15.1 Å². The molecule has 1 rings (SSSR count). The van der Waals surface area contributed by atoms with Crippen molar-refractivity contribution in [3.8, 4) is 11.5 Å². The topological polar surface area (TPSA) is 47.6 Å². The largest absolute Gasteiger partial charge is 0.496 e. The molecule has 0 saturated heterocycles. The molecule has 1 atom stereocenters. The van der Waals surface area contributed by atoms with Crippen LogP contribution in [0.4, 0.5) is 4.79 Å². The van der Waals surface area contributed by atoms with Crippen LogP contribution in [-0.4, -0.2) is 12.8 Å². The van der Waals surface area contributed by atoms with Crippen molar-refractivity contribution in [3.63, 3.8) is 0 Å². The number of hydrogen-bond acceptors (Lipinski definition) is 3. The van der Waals surface area contributed by atoms with Crippen LogP contribution >= 0.6 is 9.24 Å². The molecule has 0 bridgehead atoms. The summed E-state index contributed by atoms with van der Waals surface area (Å²) in [5.41, 5.74) is 5.08. The highest BCUT2D eigenvalue weighted by molar-refractivity contribution is 7.39. The molecule has 1 aromatic rings. The summed E-state index contributed by atoms with van der Waals surface area (Å²) in [4.78, 5) is 16.2. The van der Waals surface area contributed by atoms with Crippen molar-refractivity contribution in [2.75, 3.05) is 7.11 Å². The summed E-state index contributed by atoms with van der Waals surface area (Å²) in [5, 5.41) is 0. The van der Waals surface area contributed by atoms with E-state index in [0.717, 1.165) is 22.4 Å². The predicted octanol–water partition coefficient (Wildman–Crippen LogP) is 3.31. The molecule has 0 heterocycles. The Morgan fingerprint density at radius 1 is 1.39 bits per heavy atom. The number of carbonyl (C=O) groups is 1. The smallest absolute Gasteiger partial charge is 0.267 e. The van der Waals surface area contributed by atoms with Crippen molar-refractivity contribution in [1.82, 2.24) is 5.48 Å². The fraction of sp³-hybridized carbons (Fsp3) is 0.462. The summed E-state index contributed by atoms with van der Waals surface area (Å²) in [6.45, 7) is 8.10. The van der Waals surface area contributed by atoms with Gasteiger partial charge in [-0.2, -0.15) is 5.48 Å². The Kier molecular flexibility index (Phi) is 4.97. The lowest BCUT2D eigenvalue weighted by Gasteiger charge is -2.20. The highest BCUT2D eigenvalue weighted by Crippen LogP contribution is 2.37. The highest BCUT2D eigenvalue weighted by atomic mass is 31.0. The minimum absolute atomic E-state index is 0.274. The maximum atomic E-state index is 10.9. The van der Waals surface area contributed by atoms with Gasteiger partial charge >= 0.3 is 0 Å². The molecule has 0 aromatic heterocycles. The summed E-state index contributed by atoms with van der Waals surface area (Å²) >= 11 is 0. The van der Waals surface area contributed by atoms with E-state index in [1.807, 2.05) is 29.2 Å². The Balaban J connectivity index is 3.27. The molecule has 1 N–H and O–H groups in total. The number of nitrogens with one attached hydrogen (secondary N) is 1. The van der Waals surface area contributed by atoms with E-state index < -0.39 is 0 Å². The first-order chi connectivity index (χ1) is 8.38. The van der Waals surface area contributed by atoms with Crippen molar-refractivity contribution >= 4 is 14.9 Å². The van der Waals surface area contributed by atoms with Crippen LogP contribution in [0.2, 0.25) is 0 Å². The SMILES string of the molecule is COc1c(C)cc(ONC(=O)P)c(C(C)C)c1C. The second-order valence-corrected chi connectivity index (χ2v) is 5.01. The lowest BCUT2D eigenvalue weighted by atomic mass is 9.94. The number of ether oxygens (including phenoxy) is 1. The van der Waals surface area contributed by atoms with Gasteiger partial charge in [0, 0.05) is 5.56 Å². The Hall–Kier alpha value is -1.28. The lowest BCUT2D eigenvalue weighted by molar-refractivity contribution is 0.196. The molecule has 0 spiro atoms. The third-order valence-electron chi connectivity index (χ3n) is 2.76. The number of benzene rings is 1. The molecular formula is C13H20NO3P. The summed E-state index contributed by atoms with van der Waals surface area (Å²) in [5.74, 6) is 1.80. The fourth-order valence-corrected chi connectivity index (χ4v) is 2.22. The van der Waals surface area contributed by atoms with Gasteiger partial charge in [-0.1, -0.05) is 13.8 Å². The maximum absolute atomic E-state index is 10.9. The Morgan fingerprint density at radius 2 is 2.00 bits per heavy atom. The molecule has 0 aliphatic carbocycles. The molecule has 1 unspecified atom stereocenters. The molecule has 0 aliphatic rings. The van der Waals surface area contributed by atoms with E-state index in [1.54, 1.807) is 7.11 Å². The quantitative estimate of drug-likeness (QED) is 0.673. The van der Waals surface area contributed by atoms with Gasteiger partial charge in [-0.15, -0.1) is 0 Å². The summed E-state index contributed by atoms with van der Waals surface area (Å²) < 4.78 is 5.40. The number of hydroxylamine groups is 1. The second-order valence-electron chi connectivity index (χ2n) is 4.49. The third kappa shape index (κ3) is 3.14. The van der Waals surface area contributed by atoms with Crippen LogP contribution in [0.1, 0.15) is 36.5 Å². The minimum atomic E-state index is -0.309. The zero-order valence-electron chi connectivity index (χ0n) is 11.5. The molecule has 4 nitrogen and oxygen atoms in total. The van der Waals surface area contributed by atoms with E-state index in [1.165, 1.54) is 0 Å². The van der Waals surface area contributed by atoms with E-state index in [4.69, 9.17) is 9.57 Å². The molecule has 18 heavy (non-hydrogen) atoms. The van der Waals surface area contributed by atoms with Crippen molar-refractivity contribution in [2.45, 2.75) is 33.6 Å². The lowest BCUT2D eigenvalue weighted by Crippen LogP contribution is -2.21. The van der Waals surface area contributed by atoms with Crippen molar-refractivity contribution in [3.05, 3.63) is 22.8 Å². The first-order valence-corrected chi connectivity index (χ1v) is 6.36. The zero-order valence-corrected chi connectivity index (χ0v) is 12.6. The summed E-state index contributed by atoms with van der Waals surface area (Å²) in [6, 6.07) is 1.88. The van der Waals surface area contributed by atoms with Gasteiger partial charge in [0.1, 0.15) is 5.75 Å². The monoisotopic (exact) mass is 269 g/mol. The van der Waals surface area contributed by atoms with Gasteiger partial charge in [0.25, 0.3) is 5.65 Å². The van der Waals surface area contributed by atoms with Crippen LogP contribution in [0, 0.1) is 13.8 Å². The molecule has 0 fully saturated rings. The highest BCUT2D eigenvalue weighted by Gasteiger charge is 2.18.